The van der Waals surface area contributed by atoms with Crippen molar-refractivity contribution < 1.29 is 9.53 Å². The number of ether oxygens (including phenoxy) is 1. The van der Waals surface area contributed by atoms with Crippen LogP contribution in [0.5, 0.6) is 0 Å². The molecule has 0 radical (unpaired) electrons. The molecule has 2 aliphatic rings. The van der Waals surface area contributed by atoms with E-state index < -0.39 is 0 Å². The van der Waals surface area contributed by atoms with Crippen molar-refractivity contribution in [2.45, 2.75) is 58.0 Å². The number of aryl methyl sites for hydroxylation is 1. The van der Waals surface area contributed by atoms with Crippen LogP contribution < -0.4 is 10.6 Å². The fourth-order valence-corrected chi connectivity index (χ4v) is 3.86. The zero-order valence-electron chi connectivity index (χ0n) is 14.9. The van der Waals surface area contributed by atoms with Gasteiger partial charge in [0.15, 0.2) is 0 Å². The van der Waals surface area contributed by atoms with E-state index >= 15 is 0 Å². The summed E-state index contributed by atoms with van der Waals surface area (Å²) >= 11 is 0. The Morgan fingerprint density at radius 2 is 2.00 bits per heavy atom. The molecule has 3 rings (SSSR count). The number of carbonyl (C=O) groups excluding carboxylic acids is 1. The van der Waals surface area contributed by atoms with Crippen LogP contribution in [-0.4, -0.2) is 31.7 Å². The van der Waals surface area contributed by atoms with Gasteiger partial charge in [-0.1, -0.05) is 38.1 Å². The molecule has 1 aromatic rings. The van der Waals surface area contributed by atoms with Gasteiger partial charge in [-0.3, -0.25) is 4.79 Å². The predicted molar refractivity (Wildman–Crippen MR) is 95.9 cm³/mol. The highest BCUT2D eigenvalue weighted by molar-refractivity contribution is 5.78. The maximum absolute atomic E-state index is 12.3. The van der Waals surface area contributed by atoms with Crippen molar-refractivity contribution in [2.75, 3.05) is 19.8 Å². The lowest BCUT2D eigenvalue weighted by Crippen LogP contribution is -2.43. The van der Waals surface area contributed by atoms with E-state index in [2.05, 4.69) is 48.7 Å². The van der Waals surface area contributed by atoms with Crippen LogP contribution in [0.1, 0.15) is 56.7 Å². The van der Waals surface area contributed by atoms with Crippen molar-refractivity contribution in [1.82, 2.24) is 10.6 Å². The van der Waals surface area contributed by atoms with Crippen molar-refractivity contribution >= 4 is 5.91 Å². The SMILES string of the molecule is CC1(C)CCc2ccccc2[C@@H](NCC(=O)NC2CCOCC2)C1. The highest BCUT2D eigenvalue weighted by Gasteiger charge is 2.29. The molecule has 0 unspecified atom stereocenters. The minimum absolute atomic E-state index is 0.0986. The molecule has 4 nitrogen and oxygen atoms in total. The Hall–Kier alpha value is -1.39. The molecule has 0 spiro atoms. The van der Waals surface area contributed by atoms with Gasteiger partial charge in [0.2, 0.25) is 5.91 Å². The van der Waals surface area contributed by atoms with E-state index in [1.165, 1.54) is 17.5 Å². The Balaban J connectivity index is 1.61. The average molecular weight is 330 g/mol. The maximum atomic E-state index is 12.3. The van der Waals surface area contributed by atoms with E-state index in [9.17, 15) is 4.79 Å². The van der Waals surface area contributed by atoms with E-state index in [0.29, 0.717) is 6.54 Å². The first-order valence-electron chi connectivity index (χ1n) is 9.22. The molecule has 1 heterocycles. The van der Waals surface area contributed by atoms with Gasteiger partial charge < -0.3 is 15.4 Å². The Morgan fingerprint density at radius 3 is 2.79 bits per heavy atom. The highest BCUT2D eigenvalue weighted by atomic mass is 16.5. The number of nitrogens with one attached hydrogen (secondary N) is 2. The van der Waals surface area contributed by atoms with Crippen molar-refractivity contribution in [1.29, 1.82) is 0 Å². The lowest BCUT2D eigenvalue weighted by molar-refractivity contribution is -0.121. The van der Waals surface area contributed by atoms with Crippen molar-refractivity contribution in [2.24, 2.45) is 5.41 Å². The third kappa shape index (κ3) is 4.58. The van der Waals surface area contributed by atoms with Gasteiger partial charge in [-0.15, -0.1) is 0 Å². The predicted octanol–water partition coefficient (Wildman–Crippen LogP) is 2.98. The Morgan fingerprint density at radius 1 is 1.25 bits per heavy atom. The second-order valence-corrected chi connectivity index (χ2v) is 7.95. The van der Waals surface area contributed by atoms with Gasteiger partial charge in [0.25, 0.3) is 0 Å². The summed E-state index contributed by atoms with van der Waals surface area (Å²) in [6.45, 7) is 6.54. The molecule has 24 heavy (non-hydrogen) atoms. The second kappa shape index (κ2) is 7.66. The largest absolute Gasteiger partial charge is 0.381 e. The van der Waals surface area contributed by atoms with Crippen LogP contribution in [0.2, 0.25) is 0 Å². The van der Waals surface area contributed by atoms with Crippen LogP contribution in [0.3, 0.4) is 0 Å². The van der Waals surface area contributed by atoms with Gasteiger partial charge in [-0.05, 0) is 48.6 Å². The first-order chi connectivity index (χ1) is 11.5. The van der Waals surface area contributed by atoms with Crippen LogP contribution in [0.4, 0.5) is 0 Å². The minimum Gasteiger partial charge on any atom is -0.381 e. The van der Waals surface area contributed by atoms with Crippen molar-refractivity contribution in [3.8, 4) is 0 Å². The highest BCUT2D eigenvalue weighted by Crippen LogP contribution is 2.39. The normalized spacial score (nSPS) is 24.0. The van der Waals surface area contributed by atoms with Gasteiger partial charge >= 0.3 is 0 Å². The average Bonchev–Trinajstić information content (AvgIpc) is 2.70. The number of fused-ring (bicyclic) bond motifs is 1. The summed E-state index contributed by atoms with van der Waals surface area (Å²) in [6.07, 6.45) is 5.22. The second-order valence-electron chi connectivity index (χ2n) is 7.95. The smallest absolute Gasteiger partial charge is 0.234 e. The van der Waals surface area contributed by atoms with Gasteiger partial charge in [0, 0.05) is 25.3 Å². The first kappa shape index (κ1) is 17.4. The summed E-state index contributed by atoms with van der Waals surface area (Å²) < 4.78 is 5.35. The summed E-state index contributed by atoms with van der Waals surface area (Å²) in [5, 5.41) is 6.66. The number of rotatable bonds is 4. The molecule has 0 aromatic heterocycles. The van der Waals surface area contributed by atoms with E-state index in [4.69, 9.17) is 4.74 Å². The molecule has 2 N–H and O–H groups in total. The maximum Gasteiger partial charge on any atom is 0.234 e. The van der Waals surface area contributed by atoms with Gasteiger partial charge in [0.1, 0.15) is 0 Å². The monoisotopic (exact) mass is 330 g/mol. The van der Waals surface area contributed by atoms with E-state index in [0.717, 1.165) is 38.9 Å². The standard InChI is InChI=1S/C20H30N2O2/c1-20(2)10-7-15-5-3-4-6-17(15)18(13-20)21-14-19(23)22-16-8-11-24-12-9-16/h3-6,16,18,21H,7-14H2,1-2H3,(H,22,23)/t18-/m0/s1. The molecule has 4 heteroatoms. The number of carbonyl (C=O) groups is 1. The van der Waals surface area contributed by atoms with E-state index in [1.54, 1.807) is 0 Å². The van der Waals surface area contributed by atoms with E-state index in [1.807, 2.05) is 0 Å². The summed E-state index contributed by atoms with van der Waals surface area (Å²) in [5.41, 5.74) is 3.07. The molecule has 0 saturated carbocycles. The molecule has 1 fully saturated rings. The number of hydrogen-bond donors (Lipinski definition) is 2. The topological polar surface area (TPSA) is 50.4 Å². The minimum atomic E-state index is 0.0986. The summed E-state index contributed by atoms with van der Waals surface area (Å²) in [5.74, 6) is 0.0986. The Bertz CT molecular complexity index is 565. The third-order valence-electron chi connectivity index (χ3n) is 5.35. The molecule has 1 saturated heterocycles. The van der Waals surface area contributed by atoms with E-state index in [-0.39, 0.29) is 23.4 Å². The van der Waals surface area contributed by atoms with Crippen molar-refractivity contribution in [3.05, 3.63) is 35.4 Å². The molecule has 1 atom stereocenters. The van der Waals surface area contributed by atoms with Crippen LogP contribution in [0, 0.1) is 5.41 Å². The molecule has 1 aliphatic carbocycles. The van der Waals surface area contributed by atoms with Crippen LogP contribution >= 0.6 is 0 Å². The molecule has 1 amide bonds. The lowest BCUT2D eigenvalue weighted by Gasteiger charge is -2.28. The summed E-state index contributed by atoms with van der Waals surface area (Å²) in [6, 6.07) is 9.18. The number of benzene rings is 1. The molecule has 1 aliphatic heterocycles. The Labute approximate surface area is 145 Å². The first-order valence-corrected chi connectivity index (χ1v) is 9.22. The van der Waals surface area contributed by atoms with Gasteiger partial charge in [-0.25, -0.2) is 0 Å². The van der Waals surface area contributed by atoms with Gasteiger partial charge in [0.05, 0.1) is 6.54 Å². The summed E-state index contributed by atoms with van der Waals surface area (Å²) in [7, 11) is 0. The molecule has 132 valence electrons. The van der Waals surface area contributed by atoms with Crippen LogP contribution in [-0.2, 0) is 16.0 Å². The zero-order chi connectivity index (χ0) is 17.0. The lowest BCUT2D eigenvalue weighted by atomic mass is 9.83. The summed E-state index contributed by atoms with van der Waals surface area (Å²) in [4.78, 5) is 12.3. The van der Waals surface area contributed by atoms with Crippen LogP contribution in [0.25, 0.3) is 0 Å². The van der Waals surface area contributed by atoms with Crippen LogP contribution in [0.15, 0.2) is 24.3 Å². The fourth-order valence-electron chi connectivity index (χ4n) is 3.86. The van der Waals surface area contributed by atoms with Gasteiger partial charge in [-0.2, -0.15) is 0 Å². The number of hydrogen-bond acceptors (Lipinski definition) is 3. The number of amides is 1. The third-order valence-corrected chi connectivity index (χ3v) is 5.35. The molecular weight excluding hydrogens is 300 g/mol. The molecule has 1 aromatic carbocycles. The molecule has 0 bridgehead atoms. The Kier molecular flexibility index (Phi) is 5.57. The zero-order valence-corrected chi connectivity index (χ0v) is 14.9. The quantitative estimate of drug-likeness (QED) is 0.835. The fraction of sp³-hybridized carbons (Fsp3) is 0.650. The van der Waals surface area contributed by atoms with Crippen molar-refractivity contribution in [3.63, 3.8) is 0 Å². The molecular formula is C20H30N2O2.